The molecule has 0 bridgehead atoms. The molecule has 0 saturated heterocycles. The summed E-state index contributed by atoms with van der Waals surface area (Å²) in [4.78, 5) is 25.7. The number of nitrogens with zero attached hydrogens (tertiary/aromatic N) is 1. The van der Waals surface area contributed by atoms with Gasteiger partial charge in [0.15, 0.2) is 0 Å². The van der Waals surface area contributed by atoms with Crippen LogP contribution in [0, 0.1) is 0 Å². The molecule has 1 rings (SSSR count). The smallest absolute Gasteiger partial charge is 0.329 e. The molecule has 0 radical (unpaired) electrons. The molecule has 1 heterocycles. The second-order valence-corrected chi connectivity index (χ2v) is 4.47. The molecule has 1 aromatic rings. The van der Waals surface area contributed by atoms with Crippen LogP contribution >= 0.6 is 27.5 Å². The van der Waals surface area contributed by atoms with Crippen molar-refractivity contribution in [3.8, 4) is 0 Å². The number of carbonyl (C=O) groups is 2. The van der Waals surface area contributed by atoms with Crippen LogP contribution in [-0.2, 0) is 9.53 Å². The van der Waals surface area contributed by atoms with Crippen molar-refractivity contribution in [1.82, 2.24) is 10.3 Å². The molecule has 0 fully saturated rings. The van der Waals surface area contributed by atoms with Gasteiger partial charge in [-0.3, -0.25) is 4.79 Å². The fourth-order valence-corrected chi connectivity index (χ4v) is 1.59. The Kier molecular flexibility index (Phi) is 6.03. The molecular weight excluding hydrogens is 327 g/mol. The zero-order chi connectivity index (χ0) is 13.5. The summed E-state index contributed by atoms with van der Waals surface area (Å²) in [6, 6.07) is 1.54. The maximum atomic E-state index is 11.7. The van der Waals surface area contributed by atoms with Gasteiger partial charge in [-0.05, 0) is 22.0 Å². The van der Waals surface area contributed by atoms with Crippen LogP contribution in [0.1, 0.15) is 10.4 Å². The van der Waals surface area contributed by atoms with E-state index >= 15 is 0 Å². The maximum Gasteiger partial charge on any atom is 0.329 e. The van der Waals surface area contributed by atoms with E-state index in [1.54, 1.807) is 6.07 Å². The third-order valence-electron chi connectivity index (χ3n) is 1.81. The fraction of sp³-hybridized carbons (Fsp3) is 0.300. The van der Waals surface area contributed by atoms with Crippen LogP contribution in [0.25, 0.3) is 0 Å². The van der Waals surface area contributed by atoms with E-state index in [2.05, 4.69) is 26.2 Å². The van der Waals surface area contributed by atoms with Gasteiger partial charge in [0, 0.05) is 17.2 Å². The molecule has 18 heavy (non-hydrogen) atoms. The van der Waals surface area contributed by atoms with Gasteiger partial charge >= 0.3 is 5.97 Å². The third kappa shape index (κ3) is 4.99. The molecule has 0 atom stereocenters. The summed E-state index contributed by atoms with van der Waals surface area (Å²) < 4.78 is 5.40. The van der Waals surface area contributed by atoms with Crippen molar-refractivity contribution in [2.75, 3.05) is 19.8 Å². The van der Waals surface area contributed by atoms with Crippen LogP contribution in [0.15, 0.2) is 16.7 Å². The topological polar surface area (TPSA) is 88.5 Å². The molecule has 1 amide bonds. The lowest BCUT2D eigenvalue weighted by molar-refractivity contribution is -0.142. The second kappa shape index (κ2) is 7.30. The Morgan fingerprint density at radius 2 is 2.28 bits per heavy atom. The molecule has 98 valence electrons. The summed E-state index contributed by atoms with van der Waals surface area (Å²) in [5.41, 5.74) is 0.240. The average Bonchev–Trinajstić information content (AvgIpc) is 2.31. The van der Waals surface area contributed by atoms with Gasteiger partial charge in [-0.15, -0.1) is 0 Å². The molecule has 0 aromatic carbocycles. The fourth-order valence-electron chi connectivity index (χ4n) is 1.07. The monoisotopic (exact) mass is 336 g/mol. The highest BCUT2D eigenvalue weighted by Crippen LogP contribution is 2.17. The second-order valence-electron chi connectivity index (χ2n) is 3.19. The lowest BCUT2D eigenvalue weighted by atomic mass is 10.2. The summed E-state index contributed by atoms with van der Waals surface area (Å²) in [6.07, 6.45) is 1.48. The Labute approximate surface area is 116 Å². The highest BCUT2D eigenvalue weighted by Gasteiger charge is 2.11. The van der Waals surface area contributed by atoms with E-state index in [0.717, 1.165) is 0 Å². The van der Waals surface area contributed by atoms with Crippen molar-refractivity contribution in [2.45, 2.75) is 0 Å². The van der Waals surface area contributed by atoms with Crippen molar-refractivity contribution in [3.63, 3.8) is 0 Å². The highest BCUT2D eigenvalue weighted by atomic mass is 79.9. The van der Waals surface area contributed by atoms with Gasteiger partial charge in [0.2, 0.25) is 0 Å². The number of halogens is 2. The zero-order valence-electron chi connectivity index (χ0n) is 9.15. The number of carboxylic acids is 1. The summed E-state index contributed by atoms with van der Waals surface area (Å²) in [5.74, 6) is -1.45. The molecule has 0 saturated carbocycles. The minimum atomic E-state index is -1.06. The molecule has 6 nitrogen and oxygen atoms in total. The number of pyridine rings is 1. The SMILES string of the molecule is O=C(O)COCCNC(=O)c1cc(Br)cnc1Cl. The molecular formula is C10H10BrClN2O4. The Bertz CT molecular complexity index is 456. The summed E-state index contributed by atoms with van der Waals surface area (Å²) in [7, 11) is 0. The van der Waals surface area contributed by atoms with E-state index in [4.69, 9.17) is 21.4 Å². The summed E-state index contributed by atoms with van der Waals surface area (Å²) in [5, 5.41) is 11.0. The number of hydrogen-bond donors (Lipinski definition) is 2. The zero-order valence-corrected chi connectivity index (χ0v) is 11.5. The molecule has 0 unspecified atom stereocenters. The number of rotatable bonds is 6. The first-order valence-electron chi connectivity index (χ1n) is 4.89. The van der Waals surface area contributed by atoms with E-state index in [1.165, 1.54) is 6.20 Å². The average molecular weight is 338 g/mol. The number of amides is 1. The van der Waals surface area contributed by atoms with Crippen LogP contribution in [-0.4, -0.2) is 41.7 Å². The van der Waals surface area contributed by atoms with E-state index in [-0.39, 0.29) is 23.9 Å². The lowest BCUT2D eigenvalue weighted by Gasteiger charge is -2.06. The number of hydrogen-bond acceptors (Lipinski definition) is 4. The molecule has 0 aliphatic rings. The van der Waals surface area contributed by atoms with Crippen LogP contribution < -0.4 is 5.32 Å². The van der Waals surface area contributed by atoms with Gasteiger partial charge in [0.25, 0.3) is 5.91 Å². The number of nitrogens with one attached hydrogen (secondary N) is 1. The van der Waals surface area contributed by atoms with Crippen LogP contribution in [0.3, 0.4) is 0 Å². The molecule has 8 heteroatoms. The molecule has 0 aliphatic heterocycles. The Balaban J connectivity index is 2.41. The third-order valence-corrected chi connectivity index (χ3v) is 2.54. The number of carboxylic acid groups (broad SMARTS) is 1. The Morgan fingerprint density at radius 3 is 2.94 bits per heavy atom. The molecule has 1 aromatic heterocycles. The van der Waals surface area contributed by atoms with Gasteiger partial charge in [-0.2, -0.15) is 0 Å². The molecule has 2 N–H and O–H groups in total. The molecule has 0 spiro atoms. The van der Waals surface area contributed by atoms with Crippen molar-refractivity contribution in [2.24, 2.45) is 0 Å². The van der Waals surface area contributed by atoms with Gasteiger partial charge in [0.1, 0.15) is 11.8 Å². The van der Waals surface area contributed by atoms with E-state index in [1.807, 2.05) is 0 Å². The largest absolute Gasteiger partial charge is 0.480 e. The van der Waals surface area contributed by atoms with E-state index in [9.17, 15) is 9.59 Å². The number of ether oxygens (including phenoxy) is 1. The van der Waals surface area contributed by atoms with Crippen molar-refractivity contribution in [1.29, 1.82) is 0 Å². The Morgan fingerprint density at radius 1 is 1.56 bits per heavy atom. The minimum absolute atomic E-state index is 0.0992. The van der Waals surface area contributed by atoms with Crippen molar-refractivity contribution < 1.29 is 19.4 Å². The van der Waals surface area contributed by atoms with Gasteiger partial charge < -0.3 is 15.2 Å². The highest BCUT2D eigenvalue weighted by molar-refractivity contribution is 9.10. The number of carbonyl (C=O) groups excluding carboxylic acids is 1. The normalized spacial score (nSPS) is 10.1. The number of aliphatic carboxylic acids is 1. The van der Waals surface area contributed by atoms with Crippen molar-refractivity contribution >= 4 is 39.4 Å². The summed E-state index contributed by atoms with van der Waals surface area (Å²) >= 11 is 8.95. The van der Waals surface area contributed by atoms with E-state index < -0.39 is 18.5 Å². The maximum absolute atomic E-state index is 11.7. The van der Waals surface area contributed by atoms with Gasteiger partial charge in [0.05, 0.1) is 12.2 Å². The molecule has 0 aliphatic carbocycles. The minimum Gasteiger partial charge on any atom is -0.480 e. The predicted molar refractivity (Wildman–Crippen MR) is 67.7 cm³/mol. The first-order valence-corrected chi connectivity index (χ1v) is 6.06. The lowest BCUT2D eigenvalue weighted by Crippen LogP contribution is -2.28. The van der Waals surface area contributed by atoms with Crippen LogP contribution in [0.2, 0.25) is 5.15 Å². The van der Waals surface area contributed by atoms with Gasteiger partial charge in [-0.25, -0.2) is 9.78 Å². The van der Waals surface area contributed by atoms with E-state index in [0.29, 0.717) is 4.47 Å². The van der Waals surface area contributed by atoms with Crippen molar-refractivity contribution in [3.05, 3.63) is 27.5 Å². The number of aromatic nitrogens is 1. The Hall–Kier alpha value is -1.18. The quantitative estimate of drug-likeness (QED) is 0.604. The predicted octanol–water partition coefficient (Wildman–Crippen LogP) is 1.33. The van der Waals surface area contributed by atoms with Crippen LogP contribution in [0.4, 0.5) is 0 Å². The first kappa shape index (κ1) is 14.9. The standard InChI is InChI=1S/C10H10BrClN2O4/c11-6-3-7(9(12)14-4-6)10(17)13-1-2-18-5-8(15)16/h3-4H,1-2,5H2,(H,13,17)(H,15,16). The summed E-state index contributed by atoms with van der Waals surface area (Å²) in [6.45, 7) is -0.0961. The van der Waals surface area contributed by atoms with Gasteiger partial charge in [-0.1, -0.05) is 11.6 Å². The first-order chi connectivity index (χ1) is 8.50. The van der Waals surface area contributed by atoms with Crippen LogP contribution in [0.5, 0.6) is 0 Å².